The third-order valence-corrected chi connectivity index (χ3v) is 3.67. The van der Waals surface area contributed by atoms with Gasteiger partial charge < -0.3 is 15.5 Å². The maximum Gasteiger partial charge on any atom is 0.0316 e. The van der Waals surface area contributed by atoms with Crippen molar-refractivity contribution in [1.82, 2.24) is 9.80 Å². The number of nitrogens with zero attached hydrogens (tertiary/aromatic N) is 2. The number of hydrogen-bond donors (Lipinski definition) is 1. The molecule has 0 spiro atoms. The number of anilines is 1. The van der Waals surface area contributed by atoms with Crippen LogP contribution >= 0.6 is 0 Å². The van der Waals surface area contributed by atoms with Crippen LogP contribution in [-0.4, -0.2) is 49.1 Å². The van der Waals surface area contributed by atoms with Gasteiger partial charge in [-0.25, -0.2) is 0 Å². The monoisotopic (exact) mass is 247 g/mol. The summed E-state index contributed by atoms with van der Waals surface area (Å²) in [6.45, 7) is 9.54. The van der Waals surface area contributed by atoms with Crippen molar-refractivity contribution in [2.75, 3.05) is 45.0 Å². The number of nitrogen functional groups attached to an aromatic ring is 1. The topological polar surface area (TPSA) is 32.5 Å². The molecule has 0 saturated carbocycles. The van der Waals surface area contributed by atoms with E-state index in [2.05, 4.69) is 28.9 Å². The third kappa shape index (κ3) is 4.00. The molecule has 1 aliphatic rings. The van der Waals surface area contributed by atoms with Crippen molar-refractivity contribution in [2.45, 2.75) is 19.8 Å². The highest BCUT2D eigenvalue weighted by molar-refractivity contribution is 5.40. The van der Waals surface area contributed by atoms with E-state index in [4.69, 9.17) is 5.73 Å². The fourth-order valence-electron chi connectivity index (χ4n) is 2.59. The molecule has 1 saturated heterocycles. The van der Waals surface area contributed by atoms with Crippen molar-refractivity contribution in [3.63, 3.8) is 0 Å². The second kappa shape index (κ2) is 6.76. The van der Waals surface area contributed by atoms with Crippen LogP contribution in [0.15, 0.2) is 24.3 Å². The standard InChI is InChI=1S/C15H25N3/c1-2-7-17-9-11-18(12-10-17)8-6-14-4-3-5-15(16)13-14/h3-5,13H,2,6-12,16H2,1H3. The molecule has 1 heterocycles. The van der Waals surface area contributed by atoms with Gasteiger partial charge in [-0.1, -0.05) is 19.1 Å². The zero-order chi connectivity index (χ0) is 12.8. The Bertz CT molecular complexity index is 357. The zero-order valence-electron chi connectivity index (χ0n) is 11.4. The Labute approximate surface area is 111 Å². The first-order valence-corrected chi connectivity index (χ1v) is 7.07. The Kier molecular flexibility index (Phi) is 5.02. The first-order valence-electron chi connectivity index (χ1n) is 7.07. The van der Waals surface area contributed by atoms with Crippen LogP contribution in [0.3, 0.4) is 0 Å². The molecule has 100 valence electrons. The van der Waals surface area contributed by atoms with Gasteiger partial charge in [0.1, 0.15) is 0 Å². The van der Waals surface area contributed by atoms with Crippen LogP contribution in [0, 0.1) is 0 Å². The van der Waals surface area contributed by atoms with Crippen LogP contribution in [-0.2, 0) is 6.42 Å². The molecular formula is C15H25N3. The summed E-state index contributed by atoms with van der Waals surface area (Å²) in [6, 6.07) is 8.26. The second-order valence-electron chi connectivity index (χ2n) is 5.18. The van der Waals surface area contributed by atoms with Crippen LogP contribution in [0.5, 0.6) is 0 Å². The molecule has 0 amide bonds. The minimum absolute atomic E-state index is 0.875. The summed E-state index contributed by atoms with van der Waals surface area (Å²) in [5.74, 6) is 0. The predicted octanol–water partition coefficient (Wildman–Crippen LogP) is 1.84. The molecule has 0 aliphatic carbocycles. The molecule has 1 aromatic rings. The maximum absolute atomic E-state index is 5.80. The normalized spacial score (nSPS) is 18.1. The molecule has 0 unspecified atom stereocenters. The highest BCUT2D eigenvalue weighted by Crippen LogP contribution is 2.09. The lowest BCUT2D eigenvalue weighted by molar-refractivity contribution is 0.133. The molecule has 0 bridgehead atoms. The first kappa shape index (κ1) is 13.4. The lowest BCUT2D eigenvalue weighted by atomic mass is 10.1. The van der Waals surface area contributed by atoms with Crippen molar-refractivity contribution >= 4 is 5.69 Å². The van der Waals surface area contributed by atoms with Gasteiger partial charge in [0.25, 0.3) is 0 Å². The summed E-state index contributed by atoms with van der Waals surface area (Å²) >= 11 is 0. The van der Waals surface area contributed by atoms with E-state index >= 15 is 0 Å². The fourth-order valence-corrected chi connectivity index (χ4v) is 2.59. The molecule has 1 aliphatic heterocycles. The maximum atomic E-state index is 5.80. The lowest BCUT2D eigenvalue weighted by Crippen LogP contribution is -2.46. The van der Waals surface area contributed by atoms with Gasteiger partial charge in [0.15, 0.2) is 0 Å². The van der Waals surface area contributed by atoms with E-state index in [9.17, 15) is 0 Å². The van der Waals surface area contributed by atoms with E-state index in [1.165, 1.54) is 44.7 Å². The number of nitrogens with two attached hydrogens (primary N) is 1. The van der Waals surface area contributed by atoms with E-state index in [0.717, 1.165) is 18.7 Å². The van der Waals surface area contributed by atoms with E-state index in [1.807, 2.05) is 12.1 Å². The largest absolute Gasteiger partial charge is 0.399 e. The van der Waals surface area contributed by atoms with Crippen LogP contribution in [0.1, 0.15) is 18.9 Å². The number of rotatable bonds is 5. The Balaban J connectivity index is 1.72. The average molecular weight is 247 g/mol. The Morgan fingerprint density at radius 3 is 2.33 bits per heavy atom. The third-order valence-electron chi connectivity index (χ3n) is 3.67. The van der Waals surface area contributed by atoms with Crippen molar-refractivity contribution in [3.8, 4) is 0 Å². The molecule has 2 N–H and O–H groups in total. The molecule has 0 aromatic heterocycles. The first-order chi connectivity index (χ1) is 8.78. The molecule has 3 nitrogen and oxygen atoms in total. The van der Waals surface area contributed by atoms with E-state index in [0.29, 0.717) is 0 Å². The summed E-state index contributed by atoms with van der Waals surface area (Å²) in [7, 11) is 0. The highest BCUT2D eigenvalue weighted by Gasteiger charge is 2.15. The van der Waals surface area contributed by atoms with E-state index in [-0.39, 0.29) is 0 Å². The second-order valence-corrected chi connectivity index (χ2v) is 5.18. The quantitative estimate of drug-likeness (QED) is 0.806. The summed E-state index contributed by atoms with van der Waals surface area (Å²) in [5.41, 5.74) is 8.03. The molecule has 1 fully saturated rings. The number of piperazine rings is 1. The van der Waals surface area contributed by atoms with E-state index < -0.39 is 0 Å². The van der Waals surface area contributed by atoms with Gasteiger partial charge in [-0.15, -0.1) is 0 Å². The average Bonchev–Trinajstić information content (AvgIpc) is 2.38. The Hall–Kier alpha value is -1.06. The Morgan fingerprint density at radius 1 is 1.06 bits per heavy atom. The molecule has 2 rings (SSSR count). The minimum atomic E-state index is 0.875. The minimum Gasteiger partial charge on any atom is -0.399 e. The smallest absolute Gasteiger partial charge is 0.0316 e. The van der Waals surface area contributed by atoms with Crippen LogP contribution in [0.4, 0.5) is 5.69 Å². The van der Waals surface area contributed by atoms with Crippen molar-refractivity contribution < 1.29 is 0 Å². The molecule has 3 heteroatoms. The molecule has 18 heavy (non-hydrogen) atoms. The van der Waals surface area contributed by atoms with Gasteiger partial charge in [0.05, 0.1) is 0 Å². The van der Waals surface area contributed by atoms with Gasteiger partial charge >= 0.3 is 0 Å². The Morgan fingerprint density at radius 2 is 1.72 bits per heavy atom. The molecule has 1 aromatic carbocycles. The van der Waals surface area contributed by atoms with Crippen molar-refractivity contribution in [2.24, 2.45) is 0 Å². The van der Waals surface area contributed by atoms with Gasteiger partial charge in [-0.3, -0.25) is 0 Å². The zero-order valence-corrected chi connectivity index (χ0v) is 11.4. The number of benzene rings is 1. The molecule has 0 atom stereocenters. The van der Waals surface area contributed by atoms with E-state index in [1.54, 1.807) is 0 Å². The summed E-state index contributed by atoms with van der Waals surface area (Å²) in [6.07, 6.45) is 2.38. The SMILES string of the molecule is CCCN1CCN(CCc2cccc(N)c2)CC1. The van der Waals surface area contributed by atoms with Crippen LogP contribution < -0.4 is 5.73 Å². The van der Waals surface area contributed by atoms with Gasteiger partial charge in [-0.05, 0) is 37.1 Å². The van der Waals surface area contributed by atoms with Gasteiger partial charge in [0, 0.05) is 38.4 Å². The van der Waals surface area contributed by atoms with Crippen LogP contribution in [0.25, 0.3) is 0 Å². The molecule has 0 radical (unpaired) electrons. The lowest BCUT2D eigenvalue weighted by Gasteiger charge is -2.34. The molecular weight excluding hydrogens is 222 g/mol. The fraction of sp³-hybridized carbons (Fsp3) is 0.600. The predicted molar refractivity (Wildman–Crippen MR) is 77.7 cm³/mol. The van der Waals surface area contributed by atoms with Crippen molar-refractivity contribution in [1.29, 1.82) is 0 Å². The van der Waals surface area contributed by atoms with Crippen molar-refractivity contribution in [3.05, 3.63) is 29.8 Å². The summed E-state index contributed by atoms with van der Waals surface area (Å²) in [5, 5.41) is 0. The van der Waals surface area contributed by atoms with Crippen LogP contribution in [0.2, 0.25) is 0 Å². The van der Waals surface area contributed by atoms with Gasteiger partial charge in [-0.2, -0.15) is 0 Å². The summed E-state index contributed by atoms with van der Waals surface area (Å²) < 4.78 is 0. The number of hydrogen-bond acceptors (Lipinski definition) is 3. The highest BCUT2D eigenvalue weighted by atomic mass is 15.3. The summed E-state index contributed by atoms with van der Waals surface area (Å²) in [4.78, 5) is 5.13. The van der Waals surface area contributed by atoms with Gasteiger partial charge in [0.2, 0.25) is 0 Å².